The van der Waals surface area contributed by atoms with Crippen LogP contribution in [0, 0.1) is 0 Å². The number of rotatable bonds is 11. The van der Waals surface area contributed by atoms with Crippen molar-refractivity contribution in [3.63, 3.8) is 0 Å². The van der Waals surface area contributed by atoms with Crippen LogP contribution in [-0.2, 0) is 6.42 Å². The Morgan fingerprint density at radius 1 is 0.947 bits per heavy atom. The number of para-hydroxylation sites is 1. The number of methoxy groups -OCH3 is 1. The molecule has 1 N–H and O–H groups in total. The molecule has 2 heteroatoms. The van der Waals surface area contributed by atoms with Crippen molar-refractivity contribution in [1.82, 2.24) is 5.32 Å². The zero-order chi connectivity index (χ0) is 13.8. The molecule has 1 aromatic carbocycles. The van der Waals surface area contributed by atoms with Gasteiger partial charge in [-0.05, 0) is 37.6 Å². The maximum absolute atomic E-state index is 5.35. The van der Waals surface area contributed by atoms with E-state index in [4.69, 9.17) is 4.74 Å². The van der Waals surface area contributed by atoms with Crippen LogP contribution >= 0.6 is 0 Å². The minimum Gasteiger partial charge on any atom is -0.496 e. The van der Waals surface area contributed by atoms with E-state index in [1.807, 2.05) is 12.1 Å². The molecule has 2 nitrogen and oxygen atoms in total. The molecule has 19 heavy (non-hydrogen) atoms. The number of ether oxygens (including phenoxy) is 1. The van der Waals surface area contributed by atoms with Crippen molar-refractivity contribution in [3.05, 3.63) is 29.8 Å². The molecule has 0 aliphatic heterocycles. The van der Waals surface area contributed by atoms with E-state index >= 15 is 0 Å². The normalized spacial score (nSPS) is 10.6. The van der Waals surface area contributed by atoms with Gasteiger partial charge in [-0.1, -0.05) is 57.2 Å². The lowest BCUT2D eigenvalue weighted by atomic mass is 10.1. The summed E-state index contributed by atoms with van der Waals surface area (Å²) >= 11 is 0. The summed E-state index contributed by atoms with van der Waals surface area (Å²) in [4.78, 5) is 0. The van der Waals surface area contributed by atoms with Gasteiger partial charge in [0.2, 0.25) is 0 Å². The molecule has 0 bridgehead atoms. The summed E-state index contributed by atoms with van der Waals surface area (Å²) in [5.41, 5.74) is 1.29. The van der Waals surface area contributed by atoms with Gasteiger partial charge in [-0.25, -0.2) is 0 Å². The quantitative estimate of drug-likeness (QED) is 0.604. The Kier molecular flexibility index (Phi) is 9.17. The van der Waals surface area contributed by atoms with Crippen LogP contribution in [0.5, 0.6) is 5.75 Å². The molecule has 0 unspecified atom stereocenters. The summed E-state index contributed by atoms with van der Waals surface area (Å²) in [6.45, 7) is 4.44. The van der Waals surface area contributed by atoms with Gasteiger partial charge in [0.25, 0.3) is 0 Å². The van der Waals surface area contributed by atoms with Crippen molar-refractivity contribution >= 4 is 0 Å². The molecule has 0 spiro atoms. The van der Waals surface area contributed by atoms with Crippen LogP contribution in [0.4, 0.5) is 0 Å². The number of nitrogens with one attached hydrogen (secondary N) is 1. The lowest BCUT2D eigenvalue weighted by Crippen LogP contribution is -2.18. The molecular formula is C17H29NO. The van der Waals surface area contributed by atoms with Crippen molar-refractivity contribution in [2.24, 2.45) is 0 Å². The Morgan fingerprint density at radius 2 is 1.68 bits per heavy atom. The van der Waals surface area contributed by atoms with Crippen LogP contribution < -0.4 is 10.1 Å². The maximum Gasteiger partial charge on any atom is 0.122 e. The van der Waals surface area contributed by atoms with Crippen LogP contribution in [0.2, 0.25) is 0 Å². The highest BCUT2D eigenvalue weighted by atomic mass is 16.5. The molecule has 0 saturated carbocycles. The van der Waals surface area contributed by atoms with Crippen molar-refractivity contribution in [2.45, 2.75) is 51.9 Å². The molecule has 0 saturated heterocycles. The van der Waals surface area contributed by atoms with Crippen LogP contribution in [0.25, 0.3) is 0 Å². The third-order valence-electron chi connectivity index (χ3n) is 3.47. The third kappa shape index (κ3) is 7.22. The van der Waals surface area contributed by atoms with Gasteiger partial charge < -0.3 is 10.1 Å². The molecule has 0 atom stereocenters. The molecule has 0 amide bonds. The smallest absolute Gasteiger partial charge is 0.122 e. The summed E-state index contributed by atoms with van der Waals surface area (Å²) < 4.78 is 5.35. The van der Waals surface area contributed by atoms with Gasteiger partial charge in [-0.2, -0.15) is 0 Å². The number of hydrogen-bond acceptors (Lipinski definition) is 2. The topological polar surface area (TPSA) is 21.3 Å². The Morgan fingerprint density at radius 3 is 2.47 bits per heavy atom. The second-order valence-corrected chi connectivity index (χ2v) is 5.08. The molecule has 1 aromatic rings. The van der Waals surface area contributed by atoms with E-state index < -0.39 is 0 Å². The van der Waals surface area contributed by atoms with Gasteiger partial charge >= 0.3 is 0 Å². The molecule has 0 aromatic heterocycles. The fraction of sp³-hybridized carbons (Fsp3) is 0.647. The average molecular weight is 263 g/mol. The lowest BCUT2D eigenvalue weighted by molar-refractivity contribution is 0.409. The Balaban J connectivity index is 2.01. The Hall–Kier alpha value is -1.02. The van der Waals surface area contributed by atoms with Crippen molar-refractivity contribution < 1.29 is 4.74 Å². The first kappa shape index (κ1) is 16.0. The highest BCUT2D eigenvalue weighted by molar-refractivity contribution is 5.33. The highest BCUT2D eigenvalue weighted by Crippen LogP contribution is 2.17. The van der Waals surface area contributed by atoms with Gasteiger partial charge in [-0.3, -0.25) is 0 Å². The van der Waals surface area contributed by atoms with Gasteiger partial charge in [0.05, 0.1) is 7.11 Å². The van der Waals surface area contributed by atoms with Crippen LogP contribution in [0.1, 0.15) is 51.0 Å². The number of hydrogen-bond donors (Lipinski definition) is 1. The molecule has 108 valence electrons. The first-order chi connectivity index (χ1) is 9.38. The second-order valence-electron chi connectivity index (χ2n) is 5.08. The third-order valence-corrected chi connectivity index (χ3v) is 3.47. The summed E-state index contributed by atoms with van der Waals surface area (Å²) in [6, 6.07) is 8.27. The van der Waals surface area contributed by atoms with E-state index in [1.54, 1.807) is 7.11 Å². The van der Waals surface area contributed by atoms with E-state index in [1.165, 1.54) is 44.1 Å². The minimum atomic E-state index is 1.00. The second kappa shape index (κ2) is 10.9. The van der Waals surface area contributed by atoms with Gasteiger partial charge in [-0.15, -0.1) is 0 Å². The SMILES string of the molecule is CCCCCCCCNCCc1ccccc1OC. The van der Waals surface area contributed by atoms with Gasteiger partial charge in [0.1, 0.15) is 5.75 Å². The largest absolute Gasteiger partial charge is 0.496 e. The fourth-order valence-corrected chi connectivity index (χ4v) is 2.29. The molecule has 1 rings (SSSR count). The maximum atomic E-state index is 5.35. The zero-order valence-electron chi connectivity index (χ0n) is 12.6. The molecule has 0 aliphatic rings. The van der Waals surface area contributed by atoms with Crippen molar-refractivity contribution in [2.75, 3.05) is 20.2 Å². The van der Waals surface area contributed by atoms with E-state index in [2.05, 4.69) is 24.4 Å². The standard InChI is InChI=1S/C17H29NO/c1-3-4-5-6-7-10-14-18-15-13-16-11-8-9-12-17(16)19-2/h8-9,11-12,18H,3-7,10,13-15H2,1-2H3. The van der Waals surface area contributed by atoms with Crippen LogP contribution in [0.3, 0.4) is 0 Å². The van der Waals surface area contributed by atoms with Crippen LogP contribution in [0.15, 0.2) is 24.3 Å². The lowest BCUT2D eigenvalue weighted by Gasteiger charge is -2.09. The molecular weight excluding hydrogens is 234 g/mol. The first-order valence-corrected chi connectivity index (χ1v) is 7.71. The summed E-state index contributed by atoms with van der Waals surface area (Å²) in [7, 11) is 1.74. The van der Waals surface area contributed by atoms with Crippen molar-refractivity contribution in [1.29, 1.82) is 0 Å². The molecule has 0 radical (unpaired) electrons. The van der Waals surface area contributed by atoms with E-state index in [9.17, 15) is 0 Å². The first-order valence-electron chi connectivity index (χ1n) is 7.71. The van der Waals surface area contributed by atoms with Gasteiger partial charge in [0, 0.05) is 0 Å². The monoisotopic (exact) mass is 263 g/mol. The van der Waals surface area contributed by atoms with Crippen LogP contribution in [-0.4, -0.2) is 20.2 Å². The van der Waals surface area contributed by atoms with E-state index in [-0.39, 0.29) is 0 Å². The predicted octanol–water partition coefficient (Wildman–Crippen LogP) is 4.19. The zero-order valence-corrected chi connectivity index (χ0v) is 12.6. The van der Waals surface area contributed by atoms with E-state index in [0.29, 0.717) is 0 Å². The summed E-state index contributed by atoms with van der Waals surface area (Å²) in [5, 5.41) is 3.52. The predicted molar refractivity (Wildman–Crippen MR) is 82.9 cm³/mol. The average Bonchev–Trinajstić information content (AvgIpc) is 2.46. The van der Waals surface area contributed by atoms with Crippen molar-refractivity contribution in [3.8, 4) is 5.75 Å². The number of unbranched alkanes of at least 4 members (excludes halogenated alkanes) is 5. The Bertz CT molecular complexity index is 325. The highest BCUT2D eigenvalue weighted by Gasteiger charge is 2.00. The molecule has 0 aliphatic carbocycles. The summed E-state index contributed by atoms with van der Waals surface area (Å²) in [5.74, 6) is 1.00. The molecule has 0 fully saturated rings. The minimum absolute atomic E-state index is 1.00. The fourth-order valence-electron chi connectivity index (χ4n) is 2.29. The summed E-state index contributed by atoms with van der Waals surface area (Å²) in [6.07, 6.45) is 9.22. The van der Waals surface area contributed by atoms with Gasteiger partial charge in [0.15, 0.2) is 0 Å². The molecule has 0 heterocycles. The number of benzene rings is 1. The van der Waals surface area contributed by atoms with E-state index in [0.717, 1.165) is 25.3 Å². The Labute approximate surface area is 118 Å².